The van der Waals surface area contributed by atoms with Crippen molar-refractivity contribution in [1.29, 1.82) is 0 Å². The van der Waals surface area contributed by atoms with E-state index in [1.165, 1.54) is 24.1 Å². The zero-order valence-electron chi connectivity index (χ0n) is 16.0. The van der Waals surface area contributed by atoms with E-state index in [0.29, 0.717) is 30.3 Å². The van der Waals surface area contributed by atoms with Gasteiger partial charge in [0.1, 0.15) is 0 Å². The first-order valence-corrected chi connectivity index (χ1v) is 9.50. The lowest BCUT2D eigenvalue weighted by molar-refractivity contribution is -0.131. The smallest absolute Gasteiger partial charge is 0.222 e. The first kappa shape index (κ1) is 20.2. The summed E-state index contributed by atoms with van der Waals surface area (Å²) in [7, 11) is 0. The molecular weight excluding hydrogens is 336 g/mol. The largest absolute Gasteiger partial charge is 0.341 e. The maximum atomic E-state index is 12.7. The summed E-state index contributed by atoms with van der Waals surface area (Å²) in [5, 5.41) is 8.31. The van der Waals surface area contributed by atoms with Gasteiger partial charge in [-0.25, -0.2) is 0 Å². The highest BCUT2D eigenvalue weighted by Gasteiger charge is 2.31. The number of amides is 1. The summed E-state index contributed by atoms with van der Waals surface area (Å²) < 4.78 is 2.11. The Hall–Kier alpha value is -1.07. The lowest BCUT2D eigenvalue weighted by Crippen LogP contribution is -2.39. The Morgan fingerprint density at radius 3 is 2.68 bits per heavy atom. The number of aromatic nitrogens is 2. The summed E-state index contributed by atoms with van der Waals surface area (Å²) in [5.74, 6) is 0.886. The zero-order valence-corrected chi connectivity index (χ0v) is 16.9. The van der Waals surface area contributed by atoms with Gasteiger partial charge in [0.25, 0.3) is 0 Å². The molecule has 3 rings (SSSR count). The van der Waals surface area contributed by atoms with E-state index in [-0.39, 0.29) is 12.4 Å². The maximum absolute atomic E-state index is 12.7. The Balaban J connectivity index is 0.00000225. The average molecular weight is 369 g/mol. The number of hydrogen-bond donors (Lipinski definition) is 1. The Morgan fingerprint density at radius 1 is 1.24 bits per heavy atom. The summed E-state index contributed by atoms with van der Waals surface area (Å²) in [6.45, 7) is 11.4. The van der Waals surface area contributed by atoms with Crippen LogP contribution in [0.3, 0.4) is 0 Å². The Bertz CT molecular complexity index is 598. The van der Waals surface area contributed by atoms with Gasteiger partial charge in [0.15, 0.2) is 0 Å². The monoisotopic (exact) mass is 368 g/mol. The van der Waals surface area contributed by atoms with Crippen molar-refractivity contribution in [2.45, 2.75) is 78.4 Å². The highest BCUT2D eigenvalue weighted by Crippen LogP contribution is 2.22. The Morgan fingerprint density at radius 2 is 1.96 bits per heavy atom. The molecule has 6 heteroatoms. The third-order valence-electron chi connectivity index (χ3n) is 5.53. The number of nitrogens with zero attached hydrogens (tertiary/aromatic N) is 3. The molecule has 0 spiro atoms. The molecule has 1 amide bonds. The van der Waals surface area contributed by atoms with Crippen LogP contribution in [-0.2, 0) is 17.8 Å². The van der Waals surface area contributed by atoms with Crippen molar-refractivity contribution in [3.8, 4) is 0 Å². The number of carbonyl (C=O) groups excluding carboxylic acids is 1. The number of rotatable bonds is 5. The molecule has 2 fully saturated rings. The third kappa shape index (κ3) is 4.76. The van der Waals surface area contributed by atoms with Gasteiger partial charge in [-0.05, 0) is 51.0 Å². The van der Waals surface area contributed by atoms with Gasteiger partial charge < -0.3 is 10.2 Å². The van der Waals surface area contributed by atoms with Crippen LogP contribution in [0.1, 0.15) is 56.5 Å². The fourth-order valence-electron chi connectivity index (χ4n) is 4.18. The molecule has 0 aliphatic carbocycles. The van der Waals surface area contributed by atoms with Crippen LogP contribution in [0, 0.1) is 19.8 Å². The number of carbonyl (C=O) groups is 1. The van der Waals surface area contributed by atoms with Crippen molar-refractivity contribution >= 4 is 18.3 Å². The predicted octanol–water partition coefficient (Wildman–Crippen LogP) is 2.86. The molecule has 2 aliphatic rings. The van der Waals surface area contributed by atoms with Gasteiger partial charge in [0.2, 0.25) is 5.91 Å². The van der Waals surface area contributed by atoms with E-state index in [4.69, 9.17) is 0 Å². The Labute approximate surface area is 157 Å². The van der Waals surface area contributed by atoms with Crippen molar-refractivity contribution in [2.24, 2.45) is 5.92 Å². The van der Waals surface area contributed by atoms with Gasteiger partial charge in [-0.15, -0.1) is 12.4 Å². The SMILES string of the molecule is Cc1nn(CC(C)C)c(C)c1CCC(=O)N1CCC2CCC(C1)N2.Cl. The fourth-order valence-corrected chi connectivity index (χ4v) is 4.18. The summed E-state index contributed by atoms with van der Waals surface area (Å²) in [4.78, 5) is 14.8. The van der Waals surface area contributed by atoms with E-state index in [1.807, 2.05) is 0 Å². The van der Waals surface area contributed by atoms with Crippen LogP contribution < -0.4 is 5.32 Å². The van der Waals surface area contributed by atoms with Gasteiger partial charge in [-0.1, -0.05) is 13.8 Å². The quantitative estimate of drug-likeness (QED) is 0.869. The molecule has 2 aliphatic heterocycles. The molecule has 2 unspecified atom stereocenters. The van der Waals surface area contributed by atoms with Crippen molar-refractivity contribution in [3.05, 3.63) is 17.0 Å². The topological polar surface area (TPSA) is 50.2 Å². The van der Waals surface area contributed by atoms with E-state index < -0.39 is 0 Å². The van der Waals surface area contributed by atoms with Crippen molar-refractivity contribution in [3.63, 3.8) is 0 Å². The fraction of sp³-hybridized carbons (Fsp3) is 0.789. The normalized spacial score (nSPS) is 22.8. The van der Waals surface area contributed by atoms with E-state index in [0.717, 1.165) is 38.2 Å². The van der Waals surface area contributed by atoms with Crippen LogP contribution in [0.25, 0.3) is 0 Å². The van der Waals surface area contributed by atoms with Crippen molar-refractivity contribution in [1.82, 2.24) is 20.0 Å². The van der Waals surface area contributed by atoms with Gasteiger partial charge in [-0.2, -0.15) is 5.10 Å². The molecule has 5 nitrogen and oxygen atoms in total. The van der Waals surface area contributed by atoms with E-state index in [2.05, 4.69) is 47.7 Å². The molecule has 1 aromatic rings. The maximum Gasteiger partial charge on any atom is 0.222 e. The molecule has 3 heterocycles. The molecular formula is C19H33ClN4O. The average Bonchev–Trinajstić information content (AvgIpc) is 2.96. The second-order valence-electron chi connectivity index (χ2n) is 7.99. The second-order valence-corrected chi connectivity index (χ2v) is 7.99. The number of hydrogen-bond acceptors (Lipinski definition) is 3. The summed E-state index contributed by atoms with van der Waals surface area (Å²) in [6.07, 6.45) is 5.01. The standard InChI is InChI=1S/C19H32N4O.ClH/c1-13(2)11-23-15(4)18(14(3)21-23)7-8-19(24)22-10-9-16-5-6-17(12-22)20-16;/h13,16-17,20H,5-12H2,1-4H3;1H. The van der Waals surface area contributed by atoms with E-state index in [1.54, 1.807) is 0 Å². The number of aryl methyl sites for hydroxylation is 1. The zero-order chi connectivity index (χ0) is 17.3. The van der Waals surface area contributed by atoms with Crippen molar-refractivity contribution < 1.29 is 4.79 Å². The summed E-state index contributed by atoms with van der Waals surface area (Å²) >= 11 is 0. The van der Waals surface area contributed by atoms with Crippen LogP contribution in [0.2, 0.25) is 0 Å². The van der Waals surface area contributed by atoms with Crippen molar-refractivity contribution in [2.75, 3.05) is 13.1 Å². The number of likely N-dealkylation sites (tertiary alicyclic amines) is 1. The van der Waals surface area contributed by atoms with Crippen LogP contribution in [0.5, 0.6) is 0 Å². The van der Waals surface area contributed by atoms with Crippen LogP contribution in [0.4, 0.5) is 0 Å². The molecule has 142 valence electrons. The summed E-state index contributed by atoms with van der Waals surface area (Å²) in [6, 6.07) is 1.14. The third-order valence-corrected chi connectivity index (χ3v) is 5.53. The van der Waals surface area contributed by atoms with Crippen LogP contribution in [0.15, 0.2) is 0 Å². The molecule has 1 N–H and O–H groups in total. The minimum Gasteiger partial charge on any atom is -0.341 e. The molecule has 0 saturated carbocycles. The van der Waals surface area contributed by atoms with Crippen LogP contribution in [-0.4, -0.2) is 45.8 Å². The number of fused-ring (bicyclic) bond motifs is 2. The molecule has 25 heavy (non-hydrogen) atoms. The van der Waals surface area contributed by atoms with Gasteiger partial charge in [-0.3, -0.25) is 9.48 Å². The molecule has 0 radical (unpaired) electrons. The van der Waals surface area contributed by atoms with Gasteiger partial charge >= 0.3 is 0 Å². The molecule has 2 bridgehead atoms. The Kier molecular flexibility index (Phi) is 6.92. The molecule has 2 saturated heterocycles. The van der Waals surface area contributed by atoms with Gasteiger partial charge in [0.05, 0.1) is 5.69 Å². The molecule has 2 atom stereocenters. The minimum atomic E-state index is 0. The predicted molar refractivity (Wildman–Crippen MR) is 103 cm³/mol. The first-order valence-electron chi connectivity index (χ1n) is 9.50. The highest BCUT2D eigenvalue weighted by molar-refractivity contribution is 5.85. The molecule has 1 aromatic heterocycles. The van der Waals surface area contributed by atoms with E-state index in [9.17, 15) is 4.79 Å². The van der Waals surface area contributed by atoms with Crippen LogP contribution >= 0.6 is 12.4 Å². The van der Waals surface area contributed by atoms with E-state index >= 15 is 0 Å². The first-order chi connectivity index (χ1) is 11.4. The summed E-state index contributed by atoms with van der Waals surface area (Å²) in [5.41, 5.74) is 3.57. The number of nitrogens with one attached hydrogen (secondary N) is 1. The minimum absolute atomic E-state index is 0. The lowest BCUT2D eigenvalue weighted by atomic mass is 10.1. The number of halogens is 1. The lowest BCUT2D eigenvalue weighted by Gasteiger charge is -2.24. The highest BCUT2D eigenvalue weighted by atomic mass is 35.5. The molecule has 0 aromatic carbocycles. The van der Waals surface area contributed by atoms with Gasteiger partial charge in [0, 0.05) is 43.8 Å². The second kappa shape index (κ2) is 8.54.